The van der Waals surface area contributed by atoms with E-state index in [-0.39, 0.29) is 0 Å². The lowest BCUT2D eigenvalue weighted by Gasteiger charge is -2.29. The van der Waals surface area contributed by atoms with Crippen LogP contribution in [0.1, 0.15) is 31.9 Å². The number of thiophene rings is 1. The summed E-state index contributed by atoms with van der Waals surface area (Å²) in [5.74, 6) is 0. The van der Waals surface area contributed by atoms with Crippen molar-refractivity contribution in [2.24, 2.45) is 0 Å². The first-order chi connectivity index (χ1) is 10.3. The molecule has 0 bridgehead atoms. The number of piperidine rings is 1. The Morgan fingerprint density at radius 3 is 3.05 bits per heavy atom. The largest absolute Gasteiger partial charge is 0.313 e. The summed E-state index contributed by atoms with van der Waals surface area (Å²) in [7, 11) is 0. The molecule has 0 aliphatic carbocycles. The van der Waals surface area contributed by atoms with Crippen LogP contribution in [0.25, 0.3) is 10.6 Å². The third-order valence-electron chi connectivity index (χ3n) is 4.04. The van der Waals surface area contributed by atoms with Crippen molar-refractivity contribution in [3.05, 3.63) is 27.9 Å². The van der Waals surface area contributed by atoms with Gasteiger partial charge in [-0.15, -0.1) is 11.3 Å². The quantitative estimate of drug-likeness (QED) is 0.876. The van der Waals surface area contributed by atoms with Gasteiger partial charge in [-0.25, -0.2) is 4.98 Å². The Balaban J connectivity index is 1.58. The molecule has 1 unspecified atom stereocenters. The molecule has 5 heteroatoms. The summed E-state index contributed by atoms with van der Waals surface area (Å²) >= 11 is 3.49. The van der Waals surface area contributed by atoms with Gasteiger partial charge >= 0.3 is 0 Å². The van der Waals surface area contributed by atoms with E-state index in [4.69, 9.17) is 4.98 Å². The number of hydrogen-bond donors (Lipinski definition) is 1. The number of rotatable bonds is 6. The molecule has 114 valence electrons. The maximum atomic E-state index is 4.80. The van der Waals surface area contributed by atoms with Crippen molar-refractivity contribution in [3.63, 3.8) is 0 Å². The summed E-state index contributed by atoms with van der Waals surface area (Å²) in [6.45, 7) is 6.62. The van der Waals surface area contributed by atoms with Gasteiger partial charge in [-0.1, -0.05) is 13.3 Å². The SMILES string of the molecule is CCN(Cc1csc(-c2ccsc2)n1)CC1CCCCN1. The maximum absolute atomic E-state index is 4.80. The van der Waals surface area contributed by atoms with Crippen LogP contribution >= 0.6 is 22.7 Å². The Morgan fingerprint density at radius 1 is 1.38 bits per heavy atom. The van der Waals surface area contributed by atoms with Crippen molar-refractivity contribution in [2.45, 2.75) is 38.8 Å². The molecule has 2 aromatic heterocycles. The molecular weight excluding hydrogens is 298 g/mol. The van der Waals surface area contributed by atoms with Crippen LogP contribution in [0.3, 0.4) is 0 Å². The van der Waals surface area contributed by atoms with E-state index in [0.29, 0.717) is 6.04 Å². The van der Waals surface area contributed by atoms with E-state index in [1.165, 1.54) is 37.1 Å². The fourth-order valence-corrected chi connectivity index (χ4v) is 4.35. The molecule has 0 saturated carbocycles. The highest BCUT2D eigenvalue weighted by Gasteiger charge is 2.16. The monoisotopic (exact) mass is 321 g/mol. The summed E-state index contributed by atoms with van der Waals surface area (Å²) in [4.78, 5) is 7.31. The Labute approximate surface area is 135 Å². The average Bonchev–Trinajstić information content (AvgIpc) is 3.18. The Hall–Kier alpha value is -0.750. The summed E-state index contributed by atoms with van der Waals surface area (Å²) in [5.41, 5.74) is 2.46. The highest BCUT2D eigenvalue weighted by Crippen LogP contribution is 2.26. The molecule has 21 heavy (non-hydrogen) atoms. The fraction of sp³-hybridized carbons (Fsp3) is 0.562. The minimum Gasteiger partial charge on any atom is -0.313 e. The zero-order valence-corrected chi connectivity index (χ0v) is 14.2. The lowest BCUT2D eigenvalue weighted by Crippen LogP contribution is -2.43. The molecule has 1 fully saturated rings. The second-order valence-electron chi connectivity index (χ2n) is 5.63. The maximum Gasteiger partial charge on any atom is 0.124 e. The summed E-state index contributed by atoms with van der Waals surface area (Å²) < 4.78 is 0. The molecule has 1 aliphatic rings. The van der Waals surface area contributed by atoms with E-state index in [1.807, 2.05) is 0 Å². The zero-order chi connectivity index (χ0) is 14.5. The molecule has 1 aliphatic heterocycles. The summed E-state index contributed by atoms with van der Waals surface area (Å²) in [5, 5.41) is 11.3. The van der Waals surface area contributed by atoms with E-state index < -0.39 is 0 Å². The van der Waals surface area contributed by atoms with Crippen LogP contribution in [0.2, 0.25) is 0 Å². The standard InChI is InChI=1S/C16H23N3S2/c1-2-19(9-14-5-3-4-7-17-14)10-15-12-21-16(18-15)13-6-8-20-11-13/h6,8,11-12,14,17H,2-5,7,9-10H2,1H3. The molecule has 0 amide bonds. The van der Waals surface area contributed by atoms with Gasteiger partial charge in [0.05, 0.1) is 5.69 Å². The normalized spacial score (nSPS) is 19.2. The Bertz CT molecular complexity index is 529. The van der Waals surface area contributed by atoms with Crippen LogP contribution < -0.4 is 5.32 Å². The van der Waals surface area contributed by atoms with Gasteiger partial charge in [0.2, 0.25) is 0 Å². The smallest absolute Gasteiger partial charge is 0.124 e. The van der Waals surface area contributed by atoms with Crippen molar-refractivity contribution < 1.29 is 0 Å². The van der Waals surface area contributed by atoms with Crippen LogP contribution in [0.5, 0.6) is 0 Å². The van der Waals surface area contributed by atoms with Gasteiger partial charge in [0.1, 0.15) is 5.01 Å². The van der Waals surface area contributed by atoms with Crippen molar-refractivity contribution in [1.29, 1.82) is 0 Å². The van der Waals surface area contributed by atoms with Gasteiger partial charge < -0.3 is 5.32 Å². The van der Waals surface area contributed by atoms with E-state index >= 15 is 0 Å². The molecule has 3 rings (SSSR count). The second-order valence-corrected chi connectivity index (χ2v) is 7.27. The number of nitrogens with one attached hydrogen (secondary N) is 1. The van der Waals surface area contributed by atoms with Gasteiger partial charge in [0, 0.05) is 35.5 Å². The summed E-state index contributed by atoms with van der Waals surface area (Å²) in [6.07, 6.45) is 4.01. The number of likely N-dealkylation sites (N-methyl/N-ethyl adjacent to an activating group) is 1. The fourth-order valence-electron chi connectivity index (χ4n) is 2.82. The molecule has 0 spiro atoms. The van der Waals surface area contributed by atoms with Gasteiger partial charge in [-0.3, -0.25) is 4.90 Å². The van der Waals surface area contributed by atoms with Crippen LogP contribution in [0.4, 0.5) is 0 Å². The predicted octanol–water partition coefficient (Wildman–Crippen LogP) is 3.84. The molecule has 1 saturated heterocycles. The molecule has 1 N–H and O–H groups in total. The van der Waals surface area contributed by atoms with Gasteiger partial charge in [0.15, 0.2) is 0 Å². The third kappa shape index (κ3) is 4.13. The molecule has 0 radical (unpaired) electrons. The first-order valence-electron chi connectivity index (χ1n) is 7.78. The number of aromatic nitrogens is 1. The number of thiazole rings is 1. The van der Waals surface area contributed by atoms with Crippen LogP contribution in [0.15, 0.2) is 22.2 Å². The van der Waals surface area contributed by atoms with Crippen molar-refractivity contribution >= 4 is 22.7 Å². The van der Waals surface area contributed by atoms with E-state index in [0.717, 1.165) is 24.6 Å². The molecular formula is C16H23N3S2. The van der Waals surface area contributed by atoms with E-state index in [2.05, 4.69) is 39.3 Å². The van der Waals surface area contributed by atoms with Gasteiger partial charge in [0.25, 0.3) is 0 Å². The summed E-state index contributed by atoms with van der Waals surface area (Å²) in [6, 6.07) is 2.81. The number of nitrogens with zero attached hydrogens (tertiary/aromatic N) is 2. The minimum absolute atomic E-state index is 0.661. The van der Waals surface area contributed by atoms with Crippen molar-refractivity contribution in [1.82, 2.24) is 15.2 Å². The lowest BCUT2D eigenvalue weighted by molar-refractivity contribution is 0.224. The first-order valence-corrected chi connectivity index (χ1v) is 9.60. The zero-order valence-electron chi connectivity index (χ0n) is 12.5. The van der Waals surface area contributed by atoms with Crippen molar-refractivity contribution in [2.75, 3.05) is 19.6 Å². The molecule has 2 aromatic rings. The lowest BCUT2D eigenvalue weighted by atomic mass is 10.0. The number of hydrogen-bond acceptors (Lipinski definition) is 5. The molecule has 1 atom stereocenters. The highest BCUT2D eigenvalue weighted by atomic mass is 32.1. The van der Waals surface area contributed by atoms with Crippen LogP contribution in [-0.2, 0) is 6.54 Å². The van der Waals surface area contributed by atoms with Crippen LogP contribution in [-0.4, -0.2) is 35.6 Å². The van der Waals surface area contributed by atoms with Gasteiger partial charge in [-0.2, -0.15) is 11.3 Å². The Morgan fingerprint density at radius 2 is 2.33 bits per heavy atom. The van der Waals surface area contributed by atoms with E-state index in [9.17, 15) is 0 Å². The Kier molecular flexibility index (Phi) is 5.41. The van der Waals surface area contributed by atoms with Crippen LogP contribution in [0, 0.1) is 0 Å². The highest BCUT2D eigenvalue weighted by molar-refractivity contribution is 7.14. The van der Waals surface area contributed by atoms with Crippen molar-refractivity contribution in [3.8, 4) is 10.6 Å². The predicted molar refractivity (Wildman–Crippen MR) is 92.0 cm³/mol. The topological polar surface area (TPSA) is 28.2 Å². The first kappa shape index (κ1) is 15.2. The van der Waals surface area contributed by atoms with E-state index in [1.54, 1.807) is 22.7 Å². The molecule has 3 nitrogen and oxygen atoms in total. The molecule has 0 aromatic carbocycles. The minimum atomic E-state index is 0.661. The third-order valence-corrected chi connectivity index (χ3v) is 5.67. The van der Waals surface area contributed by atoms with Gasteiger partial charge in [-0.05, 0) is 37.4 Å². The average molecular weight is 322 g/mol. The molecule has 3 heterocycles. The second kappa shape index (κ2) is 7.49.